The van der Waals surface area contributed by atoms with Crippen molar-refractivity contribution in [3.63, 3.8) is 0 Å². The van der Waals surface area contributed by atoms with Gasteiger partial charge in [0.2, 0.25) is 5.95 Å². The van der Waals surface area contributed by atoms with E-state index in [1.54, 1.807) is 0 Å². The zero-order chi connectivity index (χ0) is 13.1. The first kappa shape index (κ1) is 12.8. The standard InChI is InChI=1S/C14H22N4O/c1-11-13(5-10-19-11)17-12-3-8-18(9-4-12)14-15-6-2-7-16-14/h2,6-7,11-13,17H,3-5,8-10H2,1H3. The van der Waals surface area contributed by atoms with Crippen molar-refractivity contribution in [1.82, 2.24) is 15.3 Å². The number of hydrogen-bond acceptors (Lipinski definition) is 5. The molecule has 19 heavy (non-hydrogen) atoms. The molecule has 2 unspecified atom stereocenters. The molecule has 0 spiro atoms. The molecule has 0 radical (unpaired) electrons. The normalized spacial score (nSPS) is 28.8. The predicted molar refractivity (Wildman–Crippen MR) is 74.2 cm³/mol. The second-order valence-corrected chi connectivity index (χ2v) is 5.45. The van der Waals surface area contributed by atoms with E-state index in [2.05, 4.69) is 27.1 Å². The molecule has 0 aromatic carbocycles. The lowest BCUT2D eigenvalue weighted by Crippen LogP contribution is -2.48. The first-order valence-electron chi connectivity index (χ1n) is 7.22. The molecule has 1 N–H and O–H groups in total. The molecule has 2 aliphatic rings. The summed E-state index contributed by atoms with van der Waals surface area (Å²) in [6.07, 6.45) is 7.43. The Hall–Kier alpha value is -1.20. The van der Waals surface area contributed by atoms with Crippen molar-refractivity contribution in [3.05, 3.63) is 18.5 Å². The molecule has 0 bridgehead atoms. The fourth-order valence-corrected chi connectivity index (χ4v) is 2.95. The number of rotatable bonds is 3. The zero-order valence-electron chi connectivity index (χ0n) is 11.5. The largest absolute Gasteiger partial charge is 0.377 e. The van der Waals surface area contributed by atoms with Gasteiger partial charge in [0.05, 0.1) is 6.10 Å². The van der Waals surface area contributed by atoms with Gasteiger partial charge in [-0.1, -0.05) is 0 Å². The van der Waals surface area contributed by atoms with E-state index in [1.165, 1.54) is 0 Å². The van der Waals surface area contributed by atoms with Gasteiger partial charge < -0.3 is 15.0 Å². The van der Waals surface area contributed by atoms with Gasteiger partial charge in [-0.2, -0.15) is 0 Å². The fraction of sp³-hybridized carbons (Fsp3) is 0.714. The van der Waals surface area contributed by atoms with Gasteiger partial charge in [0.25, 0.3) is 0 Å². The SMILES string of the molecule is CC1OCCC1NC1CCN(c2ncccn2)CC1. The van der Waals surface area contributed by atoms with Crippen molar-refractivity contribution in [2.24, 2.45) is 0 Å². The molecule has 2 aliphatic heterocycles. The van der Waals surface area contributed by atoms with Crippen LogP contribution in [0.2, 0.25) is 0 Å². The van der Waals surface area contributed by atoms with E-state index in [-0.39, 0.29) is 0 Å². The van der Waals surface area contributed by atoms with Gasteiger partial charge in [0, 0.05) is 44.2 Å². The smallest absolute Gasteiger partial charge is 0.225 e. The minimum absolute atomic E-state index is 0.357. The van der Waals surface area contributed by atoms with Gasteiger partial charge in [-0.15, -0.1) is 0 Å². The summed E-state index contributed by atoms with van der Waals surface area (Å²) in [6.45, 7) is 5.13. The van der Waals surface area contributed by atoms with Crippen molar-refractivity contribution in [3.8, 4) is 0 Å². The number of ether oxygens (including phenoxy) is 1. The number of nitrogens with zero attached hydrogens (tertiary/aromatic N) is 3. The van der Waals surface area contributed by atoms with Gasteiger partial charge >= 0.3 is 0 Å². The molecular formula is C14H22N4O. The van der Waals surface area contributed by atoms with Crippen LogP contribution in [-0.2, 0) is 4.74 Å². The van der Waals surface area contributed by atoms with Crippen LogP contribution in [0.25, 0.3) is 0 Å². The van der Waals surface area contributed by atoms with Gasteiger partial charge in [-0.25, -0.2) is 9.97 Å². The van der Waals surface area contributed by atoms with Gasteiger partial charge in [0.1, 0.15) is 0 Å². The summed E-state index contributed by atoms with van der Waals surface area (Å²) in [4.78, 5) is 10.9. The van der Waals surface area contributed by atoms with Gasteiger partial charge in [0.15, 0.2) is 0 Å². The van der Waals surface area contributed by atoms with Crippen LogP contribution in [0, 0.1) is 0 Å². The summed E-state index contributed by atoms with van der Waals surface area (Å²) in [5.41, 5.74) is 0. The molecule has 0 saturated carbocycles. The van der Waals surface area contributed by atoms with E-state index in [0.29, 0.717) is 18.2 Å². The Morgan fingerprint density at radius 1 is 1.21 bits per heavy atom. The highest BCUT2D eigenvalue weighted by Crippen LogP contribution is 2.19. The van der Waals surface area contributed by atoms with Crippen LogP contribution in [-0.4, -0.2) is 47.9 Å². The third kappa shape index (κ3) is 3.04. The summed E-state index contributed by atoms with van der Waals surface area (Å²) in [5.74, 6) is 0.860. The van der Waals surface area contributed by atoms with Crippen molar-refractivity contribution < 1.29 is 4.74 Å². The average Bonchev–Trinajstić information content (AvgIpc) is 2.86. The fourth-order valence-electron chi connectivity index (χ4n) is 2.95. The van der Waals surface area contributed by atoms with E-state index >= 15 is 0 Å². The first-order valence-corrected chi connectivity index (χ1v) is 7.22. The van der Waals surface area contributed by atoms with Crippen LogP contribution in [0.4, 0.5) is 5.95 Å². The molecule has 3 rings (SSSR count). The van der Waals surface area contributed by atoms with E-state index in [0.717, 1.165) is 44.9 Å². The second kappa shape index (κ2) is 5.84. The summed E-state index contributed by atoms with van der Waals surface area (Å²) in [7, 11) is 0. The van der Waals surface area contributed by atoms with E-state index in [9.17, 15) is 0 Å². The van der Waals surface area contributed by atoms with Crippen molar-refractivity contribution in [2.45, 2.75) is 44.4 Å². The van der Waals surface area contributed by atoms with Crippen molar-refractivity contribution >= 4 is 5.95 Å². The summed E-state index contributed by atoms with van der Waals surface area (Å²) < 4.78 is 5.60. The molecule has 1 aromatic heterocycles. The lowest BCUT2D eigenvalue weighted by molar-refractivity contribution is 0.110. The molecule has 2 fully saturated rings. The maximum absolute atomic E-state index is 5.60. The van der Waals surface area contributed by atoms with Gasteiger partial charge in [-0.05, 0) is 32.3 Å². The van der Waals surface area contributed by atoms with E-state index < -0.39 is 0 Å². The molecule has 5 nitrogen and oxygen atoms in total. The maximum Gasteiger partial charge on any atom is 0.225 e. The monoisotopic (exact) mass is 262 g/mol. The van der Waals surface area contributed by atoms with Crippen LogP contribution < -0.4 is 10.2 Å². The lowest BCUT2D eigenvalue weighted by Gasteiger charge is -2.34. The highest BCUT2D eigenvalue weighted by Gasteiger charge is 2.28. The third-order valence-corrected chi connectivity index (χ3v) is 4.16. The Labute approximate surface area is 114 Å². The number of hydrogen-bond donors (Lipinski definition) is 1. The van der Waals surface area contributed by atoms with Crippen LogP contribution in [0.1, 0.15) is 26.2 Å². The highest BCUT2D eigenvalue weighted by atomic mass is 16.5. The van der Waals surface area contributed by atoms with Crippen molar-refractivity contribution in [1.29, 1.82) is 0 Å². The van der Waals surface area contributed by atoms with Crippen LogP contribution in [0.3, 0.4) is 0 Å². The zero-order valence-corrected chi connectivity index (χ0v) is 11.5. The molecule has 5 heteroatoms. The molecule has 2 atom stereocenters. The highest BCUT2D eigenvalue weighted by molar-refractivity contribution is 5.29. The quantitative estimate of drug-likeness (QED) is 0.887. The Bertz CT molecular complexity index is 392. The molecule has 0 aliphatic carbocycles. The first-order chi connectivity index (χ1) is 9.33. The predicted octanol–water partition coefficient (Wildman–Crippen LogP) is 1.21. The third-order valence-electron chi connectivity index (χ3n) is 4.16. The Morgan fingerprint density at radius 2 is 1.95 bits per heavy atom. The van der Waals surface area contributed by atoms with E-state index in [4.69, 9.17) is 4.74 Å². The van der Waals surface area contributed by atoms with Gasteiger partial charge in [-0.3, -0.25) is 0 Å². The van der Waals surface area contributed by atoms with Crippen molar-refractivity contribution in [2.75, 3.05) is 24.6 Å². The summed E-state index contributed by atoms with van der Waals surface area (Å²) in [5, 5.41) is 3.75. The average molecular weight is 262 g/mol. The summed E-state index contributed by atoms with van der Waals surface area (Å²) in [6, 6.07) is 3.00. The number of aromatic nitrogens is 2. The Kier molecular flexibility index (Phi) is 3.94. The minimum atomic E-state index is 0.357. The molecule has 0 amide bonds. The molecule has 3 heterocycles. The lowest BCUT2D eigenvalue weighted by atomic mass is 10.0. The minimum Gasteiger partial charge on any atom is -0.377 e. The van der Waals surface area contributed by atoms with E-state index in [1.807, 2.05) is 18.5 Å². The maximum atomic E-state index is 5.60. The van der Waals surface area contributed by atoms with Crippen LogP contribution in [0.15, 0.2) is 18.5 Å². The molecule has 1 aromatic rings. The number of piperidine rings is 1. The molecule has 2 saturated heterocycles. The second-order valence-electron chi connectivity index (χ2n) is 5.45. The molecule has 104 valence electrons. The Balaban J connectivity index is 1.49. The number of anilines is 1. The van der Waals surface area contributed by atoms with Crippen LogP contribution in [0.5, 0.6) is 0 Å². The van der Waals surface area contributed by atoms with Crippen LogP contribution >= 0.6 is 0 Å². The molecular weight excluding hydrogens is 240 g/mol. The Morgan fingerprint density at radius 3 is 2.58 bits per heavy atom. The number of nitrogens with one attached hydrogen (secondary N) is 1. The summed E-state index contributed by atoms with van der Waals surface area (Å²) >= 11 is 0. The topological polar surface area (TPSA) is 50.3 Å².